The summed E-state index contributed by atoms with van der Waals surface area (Å²) in [6.45, 7) is 1.86. The van der Waals surface area contributed by atoms with Crippen molar-refractivity contribution in [1.82, 2.24) is 15.5 Å². The van der Waals surface area contributed by atoms with E-state index in [1.165, 1.54) is 0 Å². The quantitative estimate of drug-likeness (QED) is 0.353. The molecule has 0 bridgehead atoms. The molecule has 0 aliphatic carbocycles. The van der Waals surface area contributed by atoms with Crippen LogP contribution in [0.5, 0.6) is 0 Å². The maximum atomic E-state index is 13.2. The molecule has 0 saturated heterocycles. The fourth-order valence-electron chi connectivity index (χ4n) is 3.86. The SMILES string of the molecule is CC1=C(c2nc(-c3ccccc3)no2)C(c2ccc(Cl)cc2)NC(=O)N1c1ccc(Cl)cc1. The second-order valence-corrected chi connectivity index (χ2v) is 8.41. The Morgan fingerprint density at radius 1 is 0.909 bits per heavy atom. The summed E-state index contributed by atoms with van der Waals surface area (Å²) < 4.78 is 5.70. The Labute approximate surface area is 200 Å². The van der Waals surface area contributed by atoms with Crippen LogP contribution < -0.4 is 10.2 Å². The molecule has 33 heavy (non-hydrogen) atoms. The van der Waals surface area contributed by atoms with Gasteiger partial charge in [0.05, 0.1) is 17.3 Å². The number of urea groups is 1. The number of nitrogens with zero attached hydrogens (tertiary/aromatic N) is 3. The number of hydrogen-bond donors (Lipinski definition) is 1. The molecule has 2 heterocycles. The largest absolute Gasteiger partial charge is 0.334 e. The minimum Gasteiger partial charge on any atom is -0.334 e. The molecule has 1 aliphatic rings. The first-order chi connectivity index (χ1) is 16.0. The van der Waals surface area contributed by atoms with Crippen molar-refractivity contribution >= 4 is 40.5 Å². The van der Waals surface area contributed by atoms with Crippen molar-refractivity contribution in [3.63, 3.8) is 0 Å². The summed E-state index contributed by atoms with van der Waals surface area (Å²) in [6.07, 6.45) is 0. The summed E-state index contributed by atoms with van der Waals surface area (Å²) in [4.78, 5) is 19.4. The zero-order valence-corrected chi connectivity index (χ0v) is 19.0. The third-order valence-corrected chi connectivity index (χ3v) is 5.97. The predicted octanol–water partition coefficient (Wildman–Crippen LogP) is 6.75. The van der Waals surface area contributed by atoms with Crippen LogP contribution in [0.4, 0.5) is 10.5 Å². The summed E-state index contributed by atoms with van der Waals surface area (Å²) in [7, 11) is 0. The average Bonchev–Trinajstić information content (AvgIpc) is 3.31. The van der Waals surface area contributed by atoms with Gasteiger partial charge in [-0.2, -0.15) is 4.98 Å². The Balaban J connectivity index is 1.65. The minimum atomic E-state index is -0.498. The van der Waals surface area contributed by atoms with E-state index in [1.54, 1.807) is 41.3 Å². The van der Waals surface area contributed by atoms with Crippen LogP contribution in [0.15, 0.2) is 89.1 Å². The van der Waals surface area contributed by atoms with Gasteiger partial charge in [0.15, 0.2) is 0 Å². The molecule has 164 valence electrons. The topological polar surface area (TPSA) is 71.3 Å². The number of halogens is 2. The number of benzene rings is 3. The van der Waals surface area contributed by atoms with Gasteiger partial charge in [-0.05, 0) is 48.9 Å². The number of hydrogen-bond acceptors (Lipinski definition) is 4. The van der Waals surface area contributed by atoms with Crippen LogP contribution in [0.25, 0.3) is 17.0 Å². The predicted molar refractivity (Wildman–Crippen MR) is 129 cm³/mol. The number of carbonyl (C=O) groups excluding carboxylic acids is 1. The third kappa shape index (κ3) is 4.11. The first-order valence-corrected chi connectivity index (χ1v) is 11.0. The fraction of sp³-hybridized carbons (Fsp3) is 0.0800. The Morgan fingerprint density at radius 3 is 2.21 bits per heavy atom. The fourth-order valence-corrected chi connectivity index (χ4v) is 4.12. The van der Waals surface area contributed by atoms with Gasteiger partial charge in [-0.1, -0.05) is 70.8 Å². The van der Waals surface area contributed by atoms with Crippen molar-refractivity contribution in [2.75, 3.05) is 4.90 Å². The molecular weight excluding hydrogens is 459 g/mol. The van der Waals surface area contributed by atoms with Crippen LogP contribution in [-0.2, 0) is 0 Å². The molecule has 1 aromatic heterocycles. The van der Waals surface area contributed by atoms with E-state index >= 15 is 0 Å². The molecule has 0 spiro atoms. The number of carbonyl (C=O) groups is 1. The maximum Gasteiger partial charge on any atom is 0.326 e. The lowest BCUT2D eigenvalue weighted by atomic mass is 9.94. The molecular formula is C25H18Cl2N4O2. The number of amides is 2. The number of nitrogens with one attached hydrogen (secondary N) is 1. The second-order valence-electron chi connectivity index (χ2n) is 7.53. The smallest absolute Gasteiger partial charge is 0.326 e. The molecule has 1 atom stereocenters. The summed E-state index contributed by atoms with van der Waals surface area (Å²) in [5.74, 6) is 0.793. The number of allylic oxidation sites excluding steroid dienone is 1. The van der Waals surface area contributed by atoms with E-state index in [0.717, 1.165) is 11.1 Å². The van der Waals surface area contributed by atoms with Gasteiger partial charge in [0.2, 0.25) is 5.82 Å². The molecule has 6 nitrogen and oxygen atoms in total. The molecule has 4 aromatic rings. The Bertz CT molecular complexity index is 1330. The molecule has 0 radical (unpaired) electrons. The van der Waals surface area contributed by atoms with E-state index in [4.69, 9.17) is 27.7 Å². The minimum absolute atomic E-state index is 0.277. The monoisotopic (exact) mass is 476 g/mol. The molecule has 5 rings (SSSR count). The second kappa shape index (κ2) is 8.73. The Kier molecular flexibility index (Phi) is 5.62. The highest BCUT2D eigenvalue weighted by Crippen LogP contribution is 2.39. The molecule has 3 aromatic carbocycles. The van der Waals surface area contributed by atoms with Gasteiger partial charge < -0.3 is 9.84 Å². The molecule has 2 amide bonds. The van der Waals surface area contributed by atoms with E-state index in [1.807, 2.05) is 49.4 Å². The van der Waals surface area contributed by atoms with Crippen LogP contribution >= 0.6 is 23.2 Å². The van der Waals surface area contributed by atoms with Crippen LogP contribution in [0, 0.1) is 0 Å². The van der Waals surface area contributed by atoms with E-state index in [2.05, 4.69) is 15.5 Å². The van der Waals surface area contributed by atoms with Crippen molar-refractivity contribution in [2.24, 2.45) is 0 Å². The van der Waals surface area contributed by atoms with Gasteiger partial charge in [-0.15, -0.1) is 0 Å². The molecule has 1 unspecified atom stereocenters. The standard InChI is InChI=1S/C25H18Cl2N4O2/c1-15-21(24-29-23(30-33-24)17-5-3-2-4-6-17)22(16-7-9-18(26)10-8-16)28-25(32)31(15)20-13-11-19(27)12-14-20/h2-14,22H,1H3,(H,28,32). The first-order valence-electron chi connectivity index (χ1n) is 10.2. The number of anilines is 1. The summed E-state index contributed by atoms with van der Waals surface area (Å²) in [6, 6.07) is 23.2. The van der Waals surface area contributed by atoms with E-state index in [9.17, 15) is 4.79 Å². The van der Waals surface area contributed by atoms with E-state index < -0.39 is 6.04 Å². The number of aromatic nitrogens is 2. The molecule has 8 heteroatoms. The normalized spacial score (nSPS) is 16.2. The van der Waals surface area contributed by atoms with Crippen molar-refractivity contribution in [1.29, 1.82) is 0 Å². The Hall–Kier alpha value is -3.61. The average molecular weight is 477 g/mol. The lowest BCUT2D eigenvalue weighted by molar-refractivity contribution is 0.244. The highest BCUT2D eigenvalue weighted by molar-refractivity contribution is 6.31. The van der Waals surface area contributed by atoms with Crippen molar-refractivity contribution in [2.45, 2.75) is 13.0 Å². The molecule has 0 fully saturated rings. The zero-order chi connectivity index (χ0) is 22.9. The number of rotatable bonds is 4. The first kappa shape index (κ1) is 21.2. The van der Waals surface area contributed by atoms with Gasteiger partial charge in [-0.25, -0.2) is 4.79 Å². The zero-order valence-electron chi connectivity index (χ0n) is 17.5. The van der Waals surface area contributed by atoms with E-state index in [-0.39, 0.29) is 6.03 Å². The molecule has 1 N–H and O–H groups in total. The van der Waals surface area contributed by atoms with Gasteiger partial charge in [0, 0.05) is 21.3 Å². The molecule has 1 aliphatic heterocycles. The summed E-state index contributed by atoms with van der Waals surface area (Å²) >= 11 is 12.1. The summed E-state index contributed by atoms with van der Waals surface area (Å²) in [5, 5.41) is 8.44. The lowest BCUT2D eigenvalue weighted by Crippen LogP contribution is -2.46. The lowest BCUT2D eigenvalue weighted by Gasteiger charge is -2.35. The van der Waals surface area contributed by atoms with Crippen LogP contribution in [0.3, 0.4) is 0 Å². The van der Waals surface area contributed by atoms with Gasteiger partial charge in [-0.3, -0.25) is 4.90 Å². The van der Waals surface area contributed by atoms with Crippen molar-refractivity contribution < 1.29 is 9.32 Å². The van der Waals surface area contributed by atoms with Gasteiger partial charge >= 0.3 is 6.03 Å². The van der Waals surface area contributed by atoms with Crippen molar-refractivity contribution in [3.05, 3.63) is 106 Å². The van der Waals surface area contributed by atoms with Crippen LogP contribution in [0.1, 0.15) is 24.4 Å². The van der Waals surface area contributed by atoms with E-state index in [0.29, 0.717) is 38.7 Å². The highest BCUT2D eigenvalue weighted by atomic mass is 35.5. The highest BCUT2D eigenvalue weighted by Gasteiger charge is 2.36. The van der Waals surface area contributed by atoms with Crippen LogP contribution in [0.2, 0.25) is 10.0 Å². The van der Waals surface area contributed by atoms with Crippen molar-refractivity contribution in [3.8, 4) is 11.4 Å². The van der Waals surface area contributed by atoms with Gasteiger partial charge in [0.25, 0.3) is 5.89 Å². The summed E-state index contributed by atoms with van der Waals surface area (Å²) in [5.41, 5.74) is 3.72. The Morgan fingerprint density at radius 2 is 1.55 bits per heavy atom. The maximum absolute atomic E-state index is 13.2. The third-order valence-electron chi connectivity index (χ3n) is 5.46. The molecule has 0 saturated carbocycles. The van der Waals surface area contributed by atoms with Crippen LogP contribution in [-0.4, -0.2) is 16.2 Å². The van der Waals surface area contributed by atoms with Gasteiger partial charge in [0.1, 0.15) is 0 Å².